The van der Waals surface area contributed by atoms with Gasteiger partial charge in [-0.1, -0.05) is 24.0 Å². The van der Waals surface area contributed by atoms with Crippen LogP contribution in [0.2, 0.25) is 0 Å². The van der Waals surface area contributed by atoms with E-state index in [0.717, 1.165) is 11.1 Å². The molecule has 0 bridgehead atoms. The van der Waals surface area contributed by atoms with Crippen molar-refractivity contribution in [1.29, 1.82) is 0 Å². The molecule has 2 saturated heterocycles. The van der Waals surface area contributed by atoms with Crippen LogP contribution in [-0.4, -0.2) is 72.2 Å². The summed E-state index contributed by atoms with van der Waals surface area (Å²) in [7, 11) is 1.47. The molecular formula is C21H24N2O4. The predicted octanol–water partition coefficient (Wildman–Crippen LogP) is 0.592. The fourth-order valence-electron chi connectivity index (χ4n) is 4.11. The van der Waals surface area contributed by atoms with Crippen LogP contribution in [-0.2, 0) is 14.3 Å². The Morgan fingerprint density at radius 2 is 2.04 bits per heavy atom. The van der Waals surface area contributed by atoms with Gasteiger partial charge in [-0.25, -0.2) is 0 Å². The van der Waals surface area contributed by atoms with E-state index in [-0.39, 0.29) is 49.6 Å². The molecule has 1 aromatic rings. The van der Waals surface area contributed by atoms with E-state index in [1.165, 1.54) is 20.0 Å². The first kappa shape index (κ1) is 18.0. The largest absolute Gasteiger partial charge is 0.394 e. The number of rotatable bonds is 4. The van der Waals surface area contributed by atoms with E-state index in [1.807, 2.05) is 24.3 Å². The molecule has 6 nitrogen and oxygen atoms in total. The lowest BCUT2D eigenvalue weighted by Gasteiger charge is -2.58. The van der Waals surface area contributed by atoms with Gasteiger partial charge in [-0.3, -0.25) is 9.59 Å². The summed E-state index contributed by atoms with van der Waals surface area (Å²) in [6.45, 7) is 0.417. The molecular weight excluding hydrogens is 344 g/mol. The van der Waals surface area contributed by atoms with Crippen molar-refractivity contribution in [2.75, 3.05) is 33.4 Å². The van der Waals surface area contributed by atoms with E-state index in [1.54, 1.807) is 9.80 Å². The van der Waals surface area contributed by atoms with E-state index in [0.29, 0.717) is 12.5 Å². The van der Waals surface area contributed by atoms with Crippen LogP contribution in [0.1, 0.15) is 29.9 Å². The average Bonchev–Trinajstić information content (AvgIpc) is 3.47. The molecule has 0 spiro atoms. The van der Waals surface area contributed by atoms with Gasteiger partial charge in [0.25, 0.3) is 0 Å². The third-order valence-corrected chi connectivity index (χ3v) is 5.67. The van der Waals surface area contributed by atoms with Crippen LogP contribution >= 0.6 is 0 Å². The Morgan fingerprint density at radius 1 is 1.30 bits per heavy atom. The molecule has 142 valence electrons. The molecule has 0 radical (unpaired) electrons. The molecule has 1 aromatic carbocycles. The third kappa shape index (κ3) is 3.45. The van der Waals surface area contributed by atoms with Crippen LogP contribution in [0.15, 0.2) is 24.3 Å². The Bertz CT molecular complexity index is 791. The lowest BCUT2D eigenvalue weighted by Crippen LogP contribution is -2.73. The van der Waals surface area contributed by atoms with Crippen LogP contribution in [0.5, 0.6) is 0 Å². The minimum Gasteiger partial charge on any atom is -0.394 e. The minimum atomic E-state index is -0.231. The Labute approximate surface area is 159 Å². The van der Waals surface area contributed by atoms with E-state index in [2.05, 4.69) is 11.8 Å². The second kappa shape index (κ2) is 7.34. The summed E-state index contributed by atoms with van der Waals surface area (Å²) in [5, 5.41) is 9.82. The van der Waals surface area contributed by atoms with Crippen molar-refractivity contribution in [2.24, 2.45) is 5.92 Å². The van der Waals surface area contributed by atoms with Crippen molar-refractivity contribution in [2.45, 2.75) is 30.8 Å². The number of amides is 2. The number of fused-ring (bicyclic) bond motifs is 1. The van der Waals surface area contributed by atoms with Crippen LogP contribution in [0, 0.1) is 17.8 Å². The number of aliphatic hydroxyl groups is 1. The zero-order chi connectivity index (χ0) is 19.0. The van der Waals surface area contributed by atoms with Crippen molar-refractivity contribution in [1.82, 2.24) is 9.80 Å². The smallest absolute Gasteiger partial charge is 0.249 e. The summed E-state index contributed by atoms with van der Waals surface area (Å²) < 4.78 is 4.91. The molecule has 0 aromatic heterocycles. The van der Waals surface area contributed by atoms with Crippen LogP contribution in [0.3, 0.4) is 0 Å². The number of hydrogen-bond donors (Lipinski definition) is 1. The summed E-state index contributed by atoms with van der Waals surface area (Å²) in [6, 6.07) is 7.73. The number of carbonyl (C=O) groups is 2. The van der Waals surface area contributed by atoms with E-state index in [4.69, 9.17) is 4.74 Å². The highest BCUT2D eigenvalue weighted by Crippen LogP contribution is 2.42. The number of benzene rings is 1. The van der Waals surface area contributed by atoms with Gasteiger partial charge in [0.05, 0.1) is 25.2 Å². The maximum atomic E-state index is 12.5. The number of carbonyl (C=O) groups excluding carboxylic acids is 2. The lowest BCUT2D eigenvalue weighted by atomic mass is 9.73. The van der Waals surface area contributed by atoms with Gasteiger partial charge < -0.3 is 19.6 Å². The Morgan fingerprint density at radius 3 is 2.67 bits per heavy atom. The van der Waals surface area contributed by atoms with Gasteiger partial charge in [-0.15, -0.1) is 0 Å². The summed E-state index contributed by atoms with van der Waals surface area (Å²) in [5.74, 6) is 6.74. The molecule has 2 heterocycles. The molecule has 2 amide bonds. The SMILES string of the molecule is COCC(=O)N1CC(=O)N2[C@H](CO)[C@H](c3ccc(C#CC4CC4)cc3)[C@@H]2C1. The highest BCUT2D eigenvalue weighted by atomic mass is 16.5. The Hall–Kier alpha value is -2.36. The minimum absolute atomic E-state index is 0.0162. The van der Waals surface area contributed by atoms with Crippen molar-refractivity contribution >= 4 is 11.8 Å². The number of hydrogen-bond acceptors (Lipinski definition) is 4. The number of nitrogens with zero attached hydrogens (tertiary/aromatic N) is 2. The van der Waals surface area contributed by atoms with Crippen molar-refractivity contribution in [3.63, 3.8) is 0 Å². The predicted molar refractivity (Wildman–Crippen MR) is 98.7 cm³/mol. The standard InChI is InChI=1S/C21H24N2O4/c1-27-13-20(26)22-10-17-21(18(12-24)23(17)19(25)11-22)16-8-6-15(7-9-16)5-4-14-2-3-14/h6-9,14,17-18,21,24H,2-3,10-13H2,1H3/t17-,18+,21+/m0/s1. The average molecular weight is 368 g/mol. The lowest BCUT2D eigenvalue weighted by molar-refractivity contribution is -0.168. The maximum absolute atomic E-state index is 12.5. The van der Waals surface area contributed by atoms with Gasteiger partial charge >= 0.3 is 0 Å². The van der Waals surface area contributed by atoms with Gasteiger partial charge in [-0.2, -0.15) is 0 Å². The molecule has 6 heteroatoms. The molecule has 1 aliphatic carbocycles. The van der Waals surface area contributed by atoms with Crippen molar-refractivity contribution < 1.29 is 19.4 Å². The van der Waals surface area contributed by atoms with Gasteiger partial charge in [0.15, 0.2) is 0 Å². The van der Waals surface area contributed by atoms with Crippen LogP contribution < -0.4 is 0 Å². The second-order valence-corrected chi connectivity index (χ2v) is 7.52. The zero-order valence-electron chi connectivity index (χ0n) is 15.4. The number of aliphatic hydroxyl groups excluding tert-OH is 1. The third-order valence-electron chi connectivity index (χ3n) is 5.67. The molecule has 3 aliphatic rings. The first-order valence-electron chi connectivity index (χ1n) is 9.42. The Balaban J connectivity index is 1.52. The molecule has 3 atom stereocenters. The Kier molecular flexibility index (Phi) is 4.90. The van der Waals surface area contributed by atoms with E-state index in [9.17, 15) is 14.7 Å². The molecule has 0 unspecified atom stereocenters. The monoisotopic (exact) mass is 368 g/mol. The summed E-state index contributed by atoms with van der Waals surface area (Å²) in [4.78, 5) is 27.9. The van der Waals surface area contributed by atoms with Crippen LogP contribution in [0.25, 0.3) is 0 Å². The number of ether oxygens (including phenoxy) is 1. The molecule has 3 fully saturated rings. The molecule has 1 saturated carbocycles. The summed E-state index contributed by atoms with van der Waals surface area (Å²) in [5.41, 5.74) is 2.06. The molecule has 4 rings (SSSR count). The van der Waals surface area contributed by atoms with Gasteiger partial charge in [0, 0.05) is 31.1 Å². The van der Waals surface area contributed by atoms with Crippen molar-refractivity contribution in [3.8, 4) is 11.8 Å². The quantitative estimate of drug-likeness (QED) is 0.790. The van der Waals surface area contributed by atoms with E-state index >= 15 is 0 Å². The highest BCUT2D eigenvalue weighted by molar-refractivity contribution is 5.88. The normalized spacial score (nSPS) is 26.7. The topological polar surface area (TPSA) is 70.1 Å². The highest BCUT2D eigenvalue weighted by Gasteiger charge is 2.54. The fraction of sp³-hybridized carbons (Fsp3) is 0.524. The van der Waals surface area contributed by atoms with Gasteiger partial charge in [0.1, 0.15) is 6.61 Å². The summed E-state index contributed by atoms with van der Waals surface area (Å²) in [6.07, 6.45) is 2.41. The van der Waals surface area contributed by atoms with Gasteiger partial charge in [-0.05, 0) is 30.5 Å². The van der Waals surface area contributed by atoms with Crippen LogP contribution in [0.4, 0.5) is 0 Å². The first-order chi connectivity index (χ1) is 13.1. The fourth-order valence-corrected chi connectivity index (χ4v) is 4.11. The number of methoxy groups -OCH3 is 1. The summed E-state index contributed by atoms with van der Waals surface area (Å²) >= 11 is 0. The van der Waals surface area contributed by atoms with E-state index < -0.39 is 0 Å². The molecule has 2 aliphatic heterocycles. The molecule has 27 heavy (non-hydrogen) atoms. The maximum Gasteiger partial charge on any atom is 0.249 e. The number of piperazine rings is 1. The second-order valence-electron chi connectivity index (χ2n) is 7.52. The van der Waals surface area contributed by atoms with Crippen molar-refractivity contribution in [3.05, 3.63) is 35.4 Å². The zero-order valence-corrected chi connectivity index (χ0v) is 15.4. The first-order valence-corrected chi connectivity index (χ1v) is 9.42. The van der Waals surface area contributed by atoms with Gasteiger partial charge in [0.2, 0.25) is 11.8 Å². The molecule has 1 N–H and O–H groups in total.